The lowest BCUT2D eigenvalue weighted by atomic mass is 9.97. The Morgan fingerprint density at radius 1 is 1.31 bits per heavy atom. The van der Waals surface area contributed by atoms with Gasteiger partial charge in [0.1, 0.15) is 0 Å². The molecule has 1 aromatic carbocycles. The fourth-order valence-electron chi connectivity index (χ4n) is 3.61. The number of hydrogen-bond acceptors (Lipinski definition) is 3. The molecule has 0 aliphatic carbocycles. The van der Waals surface area contributed by atoms with Crippen LogP contribution in [0.2, 0.25) is 0 Å². The molecule has 1 fully saturated rings. The van der Waals surface area contributed by atoms with Crippen molar-refractivity contribution in [2.75, 3.05) is 25.0 Å². The van der Waals surface area contributed by atoms with Gasteiger partial charge in [-0.15, -0.1) is 0 Å². The van der Waals surface area contributed by atoms with Gasteiger partial charge in [-0.2, -0.15) is 5.10 Å². The lowest BCUT2D eigenvalue weighted by Crippen LogP contribution is -3.14. The summed E-state index contributed by atoms with van der Waals surface area (Å²) in [7, 11) is 0. The first-order valence-electron chi connectivity index (χ1n) is 9.00. The highest BCUT2D eigenvalue weighted by Gasteiger charge is 2.28. The second kappa shape index (κ2) is 7.70. The molecule has 7 heteroatoms. The number of piperidine rings is 1. The van der Waals surface area contributed by atoms with E-state index in [2.05, 4.69) is 10.4 Å². The molecule has 1 saturated heterocycles. The smallest absolute Gasteiger partial charge is 0.279 e. The third kappa shape index (κ3) is 3.94. The second-order valence-electron chi connectivity index (χ2n) is 6.96. The van der Waals surface area contributed by atoms with Gasteiger partial charge in [0.15, 0.2) is 6.54 Å². The number of nitrogens with zero attached hydrogens (tertiary/aromatic N) is 2. The number of quaternary nitrogens is 1. The van der Waals surface area contributed by atoms with Crippen LogP contribution in [0.1, 0.15) is 24.2 Å². The van der Waals surface area contributed by atoms with Crippen LogP contribution in [0.3, 0.4) is 0 Å². The molecular weight excluding hydrogens is 330 g/mol. The Morgan fingerprint density at radius 2 is 2.04 bits per heavy atom. The summed E-state index contributed by atoms with van der Waals surface area (Å²) >= 11 is 0. The number of benzene rings is 1. The third-order valence-electron chi connectivity index (χ3n) is 4.99. The second-order valence-corrected chi connectivity index (χ2v) is 6.96. The van der Waals surface area contributed by atoms with Crippen molar-refractivity contribution in [2.24, 2.45) is 11.7 Å². The average molecular weight is 356 g/mol. The highest BCUT2D eigenvalue weighted by Crippen LogP contribution is 2.22. The molecule has 7 nitrogen and oxygen atoms in total. The summed E-state index contributed by atoms with van der Waals surface area (Å²) in [4.78, 5) is 25.0. The number of nitrogens with two attached hydrogens (primary N) is 1. The van der Waals surface area contributed by atoms with Gasteiger partial charge in [0.25, 0.3) is 5.91 Å². The van der Waals surface area contributed by atoms with E-state index >= 15 is 0 Å². The largest absolute Gasteiger partial charge is 0.369 e. The van der Waals surface area contributed by atoms with Gasteiger partial charge >= 0.3 is 0 Å². The van der Waals surface area contributed by atoms with Crippen LogP contribution in [0.15, 0.2) is 30.3 Å². The number of aromatic nitrogens is 2. The molecule has 0 bridgehead atoms. The summed E-state index contributed by atoms with van der Waals surface area (Å²) in [5.41, 5.74) is 8.80. The number of primary amides is 1. The number of carbonyl (C=O) groups is 2. The maximum atomic E-state index is 12.5. The molecule has 0 radical (unpaired) electrons. The standard InChI is InChI=1S/C19H25N5O2/c1-13-18(14(2)24(22-13)16-8-4-3-5-9-16)21-17(25)12-23-10-6-7-15(11-23)19(20)26/h3-5,8-9,15H,6-7,10-12H2,1-2H3,(H2,20,26)(H,21,25)/p+1/t15-/m0/s1. The van der Waals surface area contributed by atoms with Gasteiger partial charge in [-0.25, -0.2) is 4.68 Å². The van der Waals surface area contributed by atoms with E-state index in [0.29, 0.717) is 13.1 Å². The zero-order chi connectivity index (χ0) is 18.7. The van der Waals surface area contributed by atoms with Crippen LogP contribution in [0.5, 0.6) is 0 Å². The minimum absolute atomic E-state index is 0.0658. The van der Waals surface area contributed by atoms with Crippen LogP contribution in [-0.4, -0.2) is 41.2 Å². The molecular formula is C19H26N5O2+. The molecule has 1 aliphatic heterocycles. The van der Waals surface area contributed by atoms with E-state index in [0.717, 1.165) is 47.0 Å². The normalized spacial score (nSPS) is 19.9. The van der Waals surface area contributed by atoms with Crippen molar-refractivity contribution in [3.63, 3.8) is 0 Å². The van der Waals surface area contributed by atoms with Crippen LogP contribution < -0.4 is 16.0 Å². The summed E-state index contributed by atoms with van der Waals surface area (Å²) in [6.07, 6.45) is 1.74. The number of aryl methyl sites for hydroxylation is 1. The molecule has 0 spiro atoms. The van der Waals surface area contributed by atoms with Gasteiger partial charge in [-0.1, -0.05) is 18.2 Å². The molecule has 2 heterocycles. The third-order valence-corrected chi connectivity index (χ3v) is 4.99. The Balaban J connectivity index is 1.68. The maximum absolute atomic E-state index is 12.5. The molecule has 2 aromatic rings. The zero-order valence-electron chi connectivity index (χ0n) is 15.3. The van der Waals surface area contributed by atoms with Gasteiger partial charge in [0, 0.05) is 0 Å². The molecule has 0 saturated carbocycles. The first-order valence-corrected chi connectivity index (χ1v) is 9.00. The first-order chi connectivity index (χ1) is 12.5. The fourth-order valence-corrected chi connectivity index (χ4v) is 3.61. The first kappa shape index (κ1) is 18.1. The topological polar surface area (TPSA) is 94.4 Å². The lowest BCUT2D eigenvalue weighted by molar-refractivity contribution is -0.899. The minimum Gasteiger partial charge on any atom is -0.369 e. The summed E-state index contributed by atoms with van der Waals surface area (Å²) < 4.78 is 1.84. The van der Waals surface area contributed by atoms with Crippen molar-refractivity contribution in [3.8, 4) is 5.69 Å². The lowest BCUT2D eigenvalue weighted by Gasteiger charge is -2.27. The minimum atomic E-state index is -0.265. The molecule has 1 aliphatic rings. The van der Waals surface area contributed by atoms with E-state index in [-0.39, 0.29) is 17.7 Å². The van der Waals surface area contributed by atoms with E-state index < -0.39 is 0 Å². The number of para-hydroxylation sites is 1. The number of carbonyl (C=O) groups excluding carboxylic acids is 2. The van der Waals surface area contributed by atoms with Gasteiger partial charge < -0.3 is 16.0 Å². The number of amides is 2. The Kier molecular flexibility index (Phi) is 5.37. The monoisotopic (exact) mass is 356 g/mol. The molecule has 2 amide bonds. The molecule has 2 atom stereocenters. The summed E-state index contributed by atoms with van der Waals surface area (Å²) in [6.45, 7) is 5.68. The van der Waals surface area contributed by atoms with Gasteiger partial charge in [-0.05, 0) is 38.8 Å². The van der Waals surface area contributed by atoms with Crippen LogP contribution in [0.25, 0.3) is 5.69 Å². The van der Waals surface area contributed by atoms with Crippen molar-refractivity contribution in [1.29, 1.82) is 0 Å². The van der Waals surface area contributed by atoms with Crippen molar-refractivity contribution in [1.82, 2.24) is 9.78 Å². The zero-order valence-corrected chi connectivity index (χ0v) is 15.3. The predicted octanol–water partition coefficient (Wildman–Crippen LogP) is 0.208. The number of nitrogens with one attached hydrogen (secondary N) is 2. The summed E-state index contributed by atoms with van der Waals surface area (Å²) in [5.74, 6) is -0.460. The predicted molar refractivity (Wildman–Crippen MR) is 99.1 cm³/mol. The quantitative estimate of drug-likeness (QED) is 0.715. The number of anilines is 1. The Morgan fingerprint density at radius 3 is 2.73 bits per heavy atom. The van der Waals surface area contributed by atoms with Gasteiger partial charge in [0.05, 0.1) is 41.8 Å². The molecule has 1 aromatic heterocycles. The van der Waals surface area contributed by atoms with Crippen LogP contribution in [-0.2, 0) is 9.59 Å². The van der Waals surface area contributed by atoms with Gasteiger partial charge in [0.2, 0.25) is 5.91 Å². The Hall–Kier alpha value is -2.67. The Labute approximate surface area is 153 Å². The Bertz CT molecular complexity index is 800. The van der Waals surface area contributed by atoms with Crippen LogP contribution >= 0.6 is 0 Å². The van der Waals surface area contributed by atoms with Crippen molar-refractivity contribution < 1.29 is 14.5 Å². The molecule has 1 unspecified atom stereocenters. The van der Waals surface area contributed by atoms with E-state index in [9.17, 15) is 9.59 Å². The highest BCUT2D eigenvalue weighted by atomic mass is 16.2. The number of likely N-dealkylation sites (tertiary alicyclic amines) is 1. The maximum Gasteiger partial charge on any atom is 0.279 e. The highest BCUT2D eigenvalue weighted by molar-refractivity contribution is 5.92. The molecule has 138 valence electrons. The van der Waals surface area contributed by atoms with E-state index in [1.165, 1.54) is 0 Å². The number of hydrogen-bond donors (Lipinski definition) is 3. The fraction of sp³-hybridized carbons (Fsp3) is 0.421. The molecule has 26 heavy (non-hydrogen) atoms. The SMILES string of the molecule is Cc1nn(-c2ccccc2)c(C)c1NC(=O)C[NH+]1CCC[C@H](C(N)=O)C1. The van der Waals surface area contributed by atoms with Crippen molar-refractivity contribution >= 4 is 17.5 Å². The summed E-state index contributed by atoms with van der Waals surface area (Å²) in [6, 6.07) is 9.83. The van der Waals surface area contributed by atoms with E-state index in [1.54, 1.807) is 0 Å². The van der Waals surface area contributed by atoms with Crippen molar-refractivity contribution in [2.45, 2.75) is 26.7 Å². The summed E-state index contributed by atoms with van der Waals surface area (Å²) in [5, 5.41) is 7.55. The van der Waals surface area contributed by atoms with E-state index in [4.69, 9.17) is 5.73 Å². The van der Waals surface area contributed by atoms with Gasteiger partial charge in [-0.3, -0.25) is 9.59 Å². The van der Waals surface area contributed by atoms with Crippen molar-refractivity contribution in [3.05, 3.63) is 41.7 Å². The average Bonchev–Trinajstić information content (AvgIpc) is 2.91. The number of rotatable bonds is 5. The van der Waals surface area contributed by atoms with E-state index in [1.807, 2.05) is 48.9 Å². The molecule has 3 rings (SSSR count). The molecule has 4 N–H and O–H groups in total. The van der Waals surface area contributed by atoms with Crippen LogP contribution in [0, 0.1) is 19.8 Å². The van der Waals surface area contributed by atoms with Crippen LogP contribution in [0.4, 0.5) is 5.69 Å².